The summed E-state index contributed by atoms with van der Waals surface area (Å²) < 4.78 is 5.32. The zero-order chi connectivity index (χ0) is 14.5. The van der Waals surface area contributed by atoms with Crippen LogP contribution < -0.4 is 10.2 Å². The van der Waals surface area contributed by atoms with Crippen LogP contribution in [0.15, 0.2) is 22.8 Å². The first-order valence-electron chi connectivity index (χ1n) is 8.22. The van der Waals surface area contributed by atoms with E-state index in [9.17, 15) is 0 Å². The maximum absolute atomic E-state index is 5.51. The van der Waals surface area contributed by atoms with Crippen molar-refractivity contribution in [2.75, 3.05) is 26.2 Å². The summed E-state index contributed by atoms with van der Waals surface area (Å²) in [6.45, 7) is 5.30. The fourth-order valence-corrected chi connectivity index (χ4v) is 3.86. The summed E-state index contributed by atoms with van der Waals surface area (Å²) in [7, 11) is 0. The van der Waals surface area contributed by atoms with Crippen molar-refractivity contribution in [3.8, 4) is 0 Å². The molecule has 1 aliphatic heterocycles. The molecule has 2 heterocycles. The lowest BCUT2D eigenvalue weighted by Crippen LogP contribution is -3.18. The molecule has 21 heavy (non-hydrogen) atoms. The van der Waals surface area contributed by atoms with Crippen LogP contribution in [-0.4, -0.2) is 42.2 Å². The summed E-state index contributed by atoms with van der Waals surface area (Å²) in [5.74, 6) is 0.934. The molecule has 0 aromatic carbocycles. The van der Waals surface area contributed by atoms with Gasteiger partial charge in [-0.05, 0) is 50.0 Å². The lowest BCUT2D eigenvalue weighted by molar-refractivity contribution is -0.930. The molecule has 2 N–H and O–H groups in total. The van der Waals surface area contributed by atoms with E-state index in [4.69, 9.17) is 16.6 Å². The van der Waals surface area contributed by atoms with E-state index in [1.165, 1.54) is 45.2 Å². The van der Waals surface area contributed by atoms with E-state index in [1.54, 1.807) is 11.2 Å². The Kier molecular flexibility index (Phi) is 5.14. The van der Waals surface area contributed by atoms with Gasteiger partial charge >= 0.3 is 0 Å². The zero-order valence-corrected chi connectivity index (χ0v) is 13.5. The van der Waals surface area contributed by atoms with Crippen molar-refractivity contribution < 1.29 is 9.32 Å². The van der Waals surface area contributed by atoms with Crippen LogP contribution in [0.5, 0.6) is 0 Å². The molecule has 2 aliphatic rings. The highest BCUT2D eigenvalue weighted by atomic mass is 32.1. The number of quaternary nitrogens is 1. The first-order valence-corrected chi connectivity index (χ1v) is 8.63. The number of hydrogen-bond acceptors (Lipinski definition) is 2. The fraction of sp³-hybridized carbons (Fsp3) is 0.688. The van der Waals surface area contributed by atoms with Gasteiger partial charge in [0, 0.05) is 0 Å². The molecule has 0 amide bonds. The molecule has 4 nitrogen and oxygen atoms in total. The van der Waals surface area contributed by atoms with E-state index in [0.29, 0.717) is 6.54 Å². The maximum atomic E-state index is 5.51. The van der Waals surface area contributed by atoms with Gasteiger partial charge in [0.1, 0.15) is 5.76 Å². The third-order valence-corrected chi connectivity index (χ3v) is 5.27. The molecule has 0 unspecified atom stereocenters. The fourth-order valence-electron chi connectivity index (χ4n) is 3.60. The van der Waals surface area contributed by atoms with Crippen molar-refractivity contribution in [1.82, 2.24) is 10.2 Å². The first kappa shape index (κ1) is 14.9. The molecule has 1 saturated carbocycles. The third-order valence-electron chi connectivity index (χ3n) is 4.87. The highest BCUT2D eigenvalue weighted by Crippen LogP contribution is 2.15. The number of rotatable bonds is 3. The molecule has 2 fully saturated rings. The van der Waals surface area contributed by atoms with Gasteiger partial charge in [0.2, 0.25) is 0 Å². The van der Waals surface area contributed by atoms with Gasteiger partial charge < -0.3 is 19.5 Å². The van der Waals surface area contributed by atoms with Crippen LogP contribution in [0.2, 0.25) is 0 Å². The summed E-state index contributed by atoms with van der Waals surface area (Å²) >= 11 is 5.51. The zero-order valence-electron chi connectivity index (χ0n) is 12.6. The molecule has 0 spiro atoms. The molecule has 116 valence electrons. The Labute approximate surface area is 132 Å². The van der Waals surface area contributed by atoms with E-state index in [-0.39, 0.29) is 0 Å². The summed E-state index contributed by atoms with van der Waals surface area (Å²) in [4.78, 5) is 4.12. The second-order valence-corrected chi connectivity index (χ2v) is 6.60. The molecule has 3 rings (SSSR count). The standard InChI is InChI=1S/C16H25N3OS/c21-16(17-13-15-7-4-12-20-15)19-10-8-18(9-11-19)14-5-2-1-3-6-14/h4,7,12,14H,1-3,5-6,8-11,13H2,(H,17,21)/p+1. The highest BCUT2D eigenvalue weighted by Gasteiger charge is 2.29. The summed E-state index contributed by atoms with van der Waals surface area (Å²) in [5.41, 5.74) is 0. The van der Waals surface area contributed by atoms with Crippen molar-refractivity contribution in [1.29, 1.82) is 0 Å². The molecule has 0 bridgehead atoms. The van der Waals surface area contributed by atoms with Gasteiger partial charge in [0.25, 0.3) is 0 Å². The Balaban J connectivity index is 1.41. The summed E-state index contributed by atoms with van der Waals surface area (Å²) in [6.07, 6.45) is 8.86. The van der Waals surface area contributed by atoms with E-state index < -0.39 is 0 Å². The van der Waals surface area contributed by atoms with Crippen molar-refractivity contribution in [3.05, 3.63) is 24.2 Å². The average Bonchev–Trinajstić information content (AvgIpc) is 3.07. The van der Waals surface area contributed by atoms with Gasteiger partial charge in [0.05, 0.1) is 45.0 Å². The van der Waals surface area contributed by atoms with Gasteiger partial charge in [-0.15, -0.1) is 0 Å². The lowest BCUT2D eigenvalue weighted by atomic mass is 9.94. The van der Waals surface area contributed by atoms with E-state index in [1.807, 2.05) is 12.1 Å². The Morgan fingerprint density at radius 3 is 2.71 bits per heavy atom. The van der Waals surface area contributed by atoms with E-state index >= 15 is 0 Å². The van der Waals surface area contributed by atoms with Gasteiger partial charge in [-0.25, -0.2) is 0 Å². The molecule has 0 atom stereocenters. The average molecular weight is 308 g/mol. The number of nitrogens with zero attached hydrogens (tertiary/aromatic N) is 1. The second kappa shape index (κ2) is 7.27. The van der Waals surface area contributed by atoms with E-state index in [2.05, 4.69) is 10.2 Å². The third kappa shape index (κ3) is 3.98. The minimum absolute atomic E-state index is 0.682. The number of piperazine rings is 1. The Hall–Kier alpha value is -1.07. The largest absolute Gasteiger partial charge is 0.467 e. The predicted molar refractivity (Wildman–Crippen MR) is 87.3 cm³/mol. The van der Waals surface area contributed by atoms with Crippen LogP contribution in [-0.2, 0) is 6.54 Å². The van der Waals surface area contributed by atoms with Crippen LogP contribution in [0.25, 0.3) is 0 Å². The summed E-state index contributed by atoms with van der Waals surface area (Å²) in [6, 6.07) is 4.79. The SMILES string of the molecule is S=C(NCc1ccco1)N1CC[NH+](C2CCCCC2)CC1. The predicted octanol–water partition coefficient (Wildman–Crippen LogP) is 1.19. The van der Waals surface area contributed by atoms with Crippen LogP contribution >= 0.6 is 12.2 Å². The van der Waals surface area contributed by atoms with E-state index in [0.717, 1.165) is 30.0 Å². The molecule has 1 saturated heterocycles. The number of thiocarbonyl (C=S) groups is 1. The summed E-state index contributed by atoms with van der Waals surface area (Å²) in [5, 5.41) is 4.17. The first-order chi connectivity index (χ1) is 10.3. The van der Waals surface area contributed by atoms with Crippen molar-refractivity contribution in [2.45, 2.75) is 44.7 Å². The number of nitrogens with one attached hydrogen (secondary N) is 2. The minimum atomic E-state index is 0.682. The highest BCUT2D eigenvalue weighted by molar-refractivity contribution is 7.80. The normalized spacial score (nSPS) is 21.4. The van der Waals surface area contributed by atoms with Gasteiger partial charge in [-0.1, -0.05) is 6.42 Å². The monoisotopic (exact) mass is 308 g/mol. The van der Waals surface area contributed by atoms with Crippen LogP contribution in [0.1, 0.15) is 37.9 Å². The second-order valence-electron chi connectivity index (χ2n) is 6.22. The van der Waals surface area contributed by atoms with Gasteiger partial charge in [-0.3, -0.25) is 0 Å². The molecule has 1 aromatic rings. The number of furan rings is 1. The topological polar surface area (TPSA) is 32.9 Å². The Morgan fingerprint density at radius 1 is 1.29 bits per heavy atom. The molecular weight excluding hydrogens is 282 g/mol. The molecule has 1 aliphatic carbocycles. The van der Waals surface area contributed by atoms with Gasteiger partial charge in [0.15, 0.2) is 5.11 Å². The molecular formula is C16H26N3OS+. The van der Waals surface area contributed by atoms with Crippen molar-refractivity contribution >= 4 is 17.3 Å². The Bertz CT molecular complexity index is 434. The number of hydrogen-bond donors (Lipinski definition) is 2. The molecule has 1 aromatic heterocycles. The minimum Gasteiger partial charge on any atom is -0.467 e. The van der Waals surface area contributed by atoms with Crippen molar-refractivity contribution in [2.24, 2.45) is 0 Å². The van der Waals surface area contributed by atoms with Crippen LogP contribution in [0, 0.1) is 0 Å². The smallest absolute Gasteiger partial charge is 0.169 e. The lowest BCUT2D eigenvalue weighted by Gasteiger charge is -2.38. The van der Waals surface area contributed by atoms with Crippen LogP contribution in [0.3, 0.4) is 0 Å². The maximum Gasteiger partial charge on any atom is 0.169 e. The quantitative estimate of drug-likeness (QED) is 0.822. The van der Waals surface area contributed by atoms with Crippen molar-refractivity contribution in [3.63, 3.8) is 0 Å². The molecule has 5 heteroatoms. The van der Waals surface area contributed by atoms with Gasteiger partial charge in [-0.2, -0.15) is 0 Å². The molecule has 0 radical (unpaired) electrons. The van der Waals surface area contributed by atoms with Crippen LogP contribution in [0.4, 0.5) is 0 Å². The Morgan fingerprint density at radius 2 is 2.05 bits per heavy atom.